The molecule has 1 aromatic heterocycles. The zero-order valence-electron chi connectivity index (χ0n) is 16.8. The van der Waals surface area contributed by atoms with Gasteiger partial charge >= 0.3 is 5.97 Å². The lowest BCUT2D eigenvalue weighted by Gasteiger charge is -2.38. The monoisotopic (exact) mass is 411 g/mol. The van der Waals surface area contributed by atoms with Gasteiger partial charge in [-0.25, -0.2) is 9.78 Å². The average Bonchev–Trinajstić information content (AvgIpc) is 3.01. The molecule has 1 aliphatic carbocycles. The Hall–Kier alpha value is -2.70. The molecule has 0 saturated carbocycles. The molecule has 1 N–H and O–H groups in total. The van der Waals surface area contributed by atoms with Gasteiger partial charge in [-0.2, -0.15) is 0 Å². The lowest BCUT2D eigenvalue weighted by atomic mass is 9.79. The number of thiazole rings is 1. The Morgan fingerprint density at radius 2 is 1.97 bits per heavy atom. The van der Waals surface area contributed by atoms with E-state index in [0.717, 1.165) is 29.0 Å². The van der Waals surface area contributed by atoms with Gasteiger partial charge in [0.1, 0.15) is 0 Å². The first-order valence-corrected chi connectivity index (χ1v) is 10.3. The molecule has 1 heterocycles. The van der Waals surface area contributed by atoms with Crippen LogP contribution in [0.15, 0.2) is 66.3 Å². The van der Waals surface area contributed by atoms with Crippen molar-refractivity contribution in [3.05, 3.63) is 82.4 Å². The topological polar surface area (TPSA) is 68.7 Å². The first-order valence-electron chi connectivity index (χ1n) is 9.47. The third-order valence-corrected chi connectivity index (χ3v) is 5.96. The maximum absolute atomic E-state index is 12.5. The van der Waals surface area contributed by atoms with Crippen molar-refractivity contribution in [1.82, 2.24) is 4.98 Å². The van der Waals surface area contributed by atoms with Crippen molar-refractivity contribution in [2.24, 2.45) is 0 Å². The van der Waals surface area contributed by atoms with E-state index in [1.807, 2.05) is 68.5 Å². The number of ether oxygens (including phenoxy) is 2. The minimum Gasteiger partial charge on any atom is -0.478 e. The van der Waals surface area contributed by atoms with Gasteiger partial charge in [0.05, 0.1) is 5.69 Å². The number of rotatable bonds is 7. The van der Waals surface area contributed by atoms with Gasteiger partial charge in [0.15, 0.2) is 5.60 Å². The van der Waals surface area contributed by atoms with E-state index >= 15 is 0 Å². The Kier molecular flexibility index (Phi) is 6.67. The van der Waals surface area contributed by atoms with Crippen molar-refractivity contribution in [1.29, 1.82) is 0 Å². The number of allylic oxidation sites excluding steroid dienone is 4. The van der Waals surface area contributed by atoms with Crippen molar-refractivity contribution < 1.29 is 19.4 Å². The van der Waals surface area contributed by atoms with Crippen LogP contribution >= 0.6 is 11.3 Å². The number of carboxylic acid groups (broad SMARTS) is 1. The molecule has 1 aromatic carbocycles. The molecule has 1 unspecified atom stereocenters. The van der Waals surface area contributed by atoms with E-state index in [0.29, 0.717) is 10.8 Å². The SMILES string of the molecule is COC(C1=C/CC/C=C/C=C\1)(c1ccccc1)[C@H](Oc1nc(C)c(C)s1)C(=O)O. The van der Waals surface area contributed by atoms with E-state index in [1.54, 1.807) is 0 Å². The summed E-state index contributed by atoms with van der Waals surface area (Å²) in [7, 11) is 1.52. The van der Waals surface area contributed by atoms with Crippen LogP contribution in [0.3, 0.4) is 0 Å². The van der Waals surface area contributed by atoms with Gasteiger partial charge < -0.3 is 14.6 Å². The number of aliphatic carboxylic acids is 1. The summed E-state index contributed by atoms with van der Waals surface area (Å²) in [6, 6.07) is 9.35. The van der Waals surface area contributed by atoms with E-state index in [-0.39, 0.29) is 0 Å². The Morgan fingerprint density at radius 1 is 1.21 bits per heavy atom. The van der Waals surface area contributed by atoms with Crippen molar-refractivity contribution in [3.8, 4) is 5.19 Å². The first kappa shape index (κ1) is 21.0. The van der Waals surface area contributed by atoms with Gasteiger partial charge in [0.25, 0.3) is 5.19 Å². The van der Waals surface area contributed by atoms with E-state index in [2.05, 4.69) is 11.1 Å². The van der Waals surface area contributed by atoms with Crippen LogP contribution in [0, 0.1) is 13.8 Å². The zero-order valence-corrected chi connectivity index (χ0v) is 17.6. The number of carbonyl (C=O) groups is 1. The molecule has 0 amide bonds. The van der Waals surface area contributed by atoms with Gasteiger partial charge in [-0.3, -0.25) is 0 Å². The van der Waals surface area contributed by atoms with Crippen LogP contribution in [0.2, 0.25) is 0 Å². The molecular weight excluding hydrogens is 386 g/mol. The molecule has 6 heteroatoms. The number of nitrogens with zero attached hydrogens (tertiary/aromatic N) is 1. The zero-order chi connectivity index (χ0) is 20.9. The van der Waals surface area contributed by atoms with Gasteiger partial charge in [-0.1, -0.05) is 72.0 Å². The Bertz CT molecular complexity index is 926. The quantitative estimate of drug-likeness (QED) is 0.697. The molecule has 0 radical (unpaired) electrons. The van der Waals surface area contributed by atoms with Gasteiger partial charge in [-0.15, -0.1) is 0 Å². The summed E-state index contributed by atoms with van der Waals surface area (Å²) < 4.78 is 12.0. The highest BCUT2D eigenvalue weighted by atomic mass is 32.1. The first-order chi connectivity index (χ1) is 14.0. The fraction of sp³-hybridized carbons (Fsp3) is 0.304. The molecule has 0 spiro atoms. The Balaban J connectivity index is 2.18. The molecule has 2 atom stereocenters. The van der Waals surface area contributed by atoms with Crippen LogP contribution in [-0.2, 0) is 15.1 Å². The minimum absolute atomic E-state index is 0.320. The second-order valence-corrected chi connectivity index (χ2v) is 7.95. The summed E-state index contributed by atoms with van der Waals surface area (Å²) in [4.78, 5) is 17.8. The number of hydrogen-bond acceptors (Lipinski definition) is 5. The highest BCUT2D eigenvalue weighted by Crippen LogP contribution is 2.41. The summed E-state index contributed by atoms with van der Waals surface area (Å²) in [6.45, 7) is 3.81. The lowest BCUT2D eigenvalue weighted by molar-refractivity contribution is -0.160. The molecule has 0 aliphatic heterocycles. The predicted octanol–water partition coefficient (Wildman–Crippen LogP) is 4.97. The molecular formula is C23H25NO4S. The van der Waals surface area contributed by atoms with E-state index in [4.69, 9.17) is 9.47 Å². The number of hydrogen-bond donors (Lipinski definition) is 1. The van der Waals surface area contributed by atoms with Gasteiger partial charge in [0.2, 0.25) is 6.10 Å². The van der Waals surface area contributed by atoms with Crippen molar-refractivity contribution in [2.45, 2.75) is 38.4 Å². The maximum atomic E-state index is 12.5. The smallest absolute Gasteiger partial charge is 0.348 e. The molecule has 1 aliphatic rings. The highest BCUT2D eigenvalue weighted by molar-refractivity contribution is 7.13. The second-order valence-electron chi connectivity index (χ2n) is 6.79. The number of aromatic nitrogens is 1. The summed E-state index contributed by atoms with van der Waals surface area (Å²) in [5.74, 6) is -1.12. The van der Waals surface area contributed by atoms with Gasteiger partial charge in [0, 0.05) is 12.0 Å². The third kappa shape index (κ3) is 4.33. The van der Waals surface area contributed by atoms with E-state index in [1.165, 1.54) is 18.4 Å². The van der Waals surface area contributed by atoms with E-state index in [9.17, 15) is 9.90 Å². The predicted molar refractivity (Wildman–Crippen MR) is 114 cm³/mol. The number of carboxylic acids is 1. The van der Waals surface area contributed by atoms with Crippen molar-refractivity contribution in [2.75, 3.05) is 7.11 Å². The standard InChI is InChI=1S/C23H25NO4S/c1-16-17(2)29-22(24-16)28-20(21(25)26)23(27-3,19-14-10-7-11-15-19)18-12-8-5-4-6-9-13-18/h4-5,7-8,10-15,20H,6,9H2,1-3H3,(H,25,26)/b5-4+,12-8-,18-13+/t20-,23?/m1/s1. The molecule has 152 valence electrons. The Morgan fingerprint density at radius 3 is 2.59 bits per heavy atom. The minimum atomic E-state index is -1.33. The van der Waals surface area contributed by atoms with Crippen LogP contribution in [0.5, 0.6) is 5.19 Å². The fourth-order valence-electron chi connectivity index (χ4n) is 3.41. The van der Waals surface area contributed by atoms with Crippen LogP contribution in [0.25, 0.3) is 0 Å². The van der Waals surface area contributed by atoms with Crippen LogP contribution < -0.4 is 4.74 Å². The van der Waals surface area contributed by atoms with Crippen molar-refractivity contribution in [3.63, 3.8) is 0 Å². The van der Waals surface area contributed by atoms with Crippen LogP contribution in [0.4, 0.5) is 0 Å². The normalized spacial score (nSPS) is 21.0. The van der Waals surface area contributed by atoms with Crippen molar-refractivity contribution >= 4 is 17.3 Å². The molecule has 2 aromatic rings. The highest BCUT2D eigenvalue weighted by Gasteiger charge is 2.50. The van der Waals surface area contributed by atoms with Gasteiger partial charge in [-0.05, 0) is 37.8 Å². The third-order valence-electron chi connectivity index (χ3n) is 5.00. The molecule has 0 bridgehead atoms. The summed E-state index contributed by atoms with van der Waals surface area (Å²) in [5.41, 5.74) is 0.947. The lowest BCUT2D eigenvalue weighted by Crippen LogP contribution is -2.51. The van der Waals surface area contributed by atoms with Crippen LogP contribution in [-0.4, -0.2) is 29.3 Å². The molecule has 0 fully saturated rings. The number of aryl methyl sites for hydroxylation is 2. The van der Waals surface area contributed by atoms with Crippen LogP contribution in [0.1, 0.15) is 29.0 Å². The average molecular weight is 412 g/mol. The fourth-order valence-corrected chi connectivity index (χ4v) is 4.19. The summed E-state index contributed by atoms with van der Waals surface area (Å²) >= 11 is 1.34. The summed E-state index contributed by atoms with van der Waals surface area (Å²) in [6.07, 6.45) is 10.2. The largest absolute Gasteiger partial charge is 0.478 e. The number of methoxy groups -OCH3 is 1. The molecule has 29 heavy (non-hydrogen) atoms. The van der Waals surface area contributed by atoms with E-state index < -0.39 is 17.7 Å². The molecule has 0 saturated heterocycles. The summed E-state index contributed by atoms with van der Waals surface area (Å²) in [5, 5.41) is 10.5. The second kappa shape index (κ2) is 9.20. The Labute approximate surface area is 175 Å². The maximum Gasteiger partial charge on any atom is 0.348 e. The number of benzene rings is 1. The molecule has 3 rings (SSSR count). The molecule has 5 nitrogen and oxygen atoms in total.